The minimum absolute atomic E-state index is 0.261. The predicted octanol–water partition coefficient (Wildman–Crippen LogP) is 0.669. The number of hydrogen-bond acceptors (Lipinski definition) is 8. The van der Waals surface area contributed by atoms with Crippen molar-refractivity contribution in [2.45, 2.75) is 13.3 Å². The van der Waals surface area contributed by atoms with Gasteiger partial charge in [-0.15, -0.1) is 0 Å². The van der Waals surface area contributed by atoms with Crippen molar-refractivity contribution in [3.8, 4) is 0 Å². The van der Waals surface area contributed by atoms with Crippen molar-refractivity contribution in [2.75, 3.05) is 86.4 Å². The number of rotatable bonds is 19. The lowest BCUT2D eigenvalue weighted by Gasteiger charge is -2.08. The van der Waals surface area contributed by atoms with Gasteiger partial charge in [-0.25, -0.2) is 0 Å². The van der Waals surface area contributed by atoms with Crippen LogP contribution in [0.4, 0.5) is 0 Å². The summed E-state index contributed by atoms with van der Waals surface area (Å²) in [6.45, 7) is 8.33. The molecule has 0 saturated carbocycles. The third-order valence-electron chi connectivity index (χ3n) is 2.74. The van der Waals surface area contributed by atoms with Crippen LogP contribution in [0.25, 0.3) is 0 Å². The topological polar surface area (TPSA) is 81.7 Å². The number of carbonyl (C=O) groups is 1. The summed E-state index contributed by atoms with van der Waals surface area (Å²) in [6.07, 6.45) is 0.261. The first-order chi connectivity index (χ1) is 11.8. The minimum atomic E-state index is -0.274. The van der Waals surface area contributed by atoms with Crippen LogP contribution in [0.15, 0.2) is 0 Å². The zero-order valence-corrected chi connectivity index (χ0v) is 15.0. The number of carbonyl (C=O) groups excluding carboxylic acids is 1. The van der Waals surface area contributed by atoms with Gasteiger partial charge in [-0.2, -0.15) is 0 Å². The van der Waals surface area contributed by atoms with E-state index in [9.17, 15) is 4.79 Å². The zero-order chi connectivity index (χ0) is 17.7. The van der Waals surface area contributed by atoms with Crippen LogP contribution in [0.5, 0.6) is 0 Å². The summed E-state index contributed by atoms with van der Waals surface area (Å²) in [5, 5.41) is 0. The van der Waals surface area contributed by atoms with Crippen molar-refractivity contribution in [3.63, 3.8) is 0 Å². The summed E-state index contributed by atoms with van der Waals surface area (Å²) in [7, 11) is 1.36. The molecule has 8 heteroatoms. The maximum atomic E-state index is 10.8. The van der Waals surface area contributed by atoms with Crippen molar-refractivity contribution in [2.24, 2.45) is 0 Å². The monoisotopic (exact) mass is 352 g/mol. The van der Waals surface area contributed by atoms with Gasteiger partial charge in [0, 0.05) is 6.61 Å². The van der Waals surface area contributed by atoms with Crippen LogP contribution in [-0.4, -0.2) is 92.4 Å². The fourth-order valence-corrected chi connectivity index (χ4v) is 1.50. The van der Waals surface area contributed by atoms with Crippen LogP contribution in [0, 0.1) is 0 Å². The molecule has 0 spiro atoms. The van der Waals surface area contributed by atoms with E-state index in [0.29, 0.717) is 79.3 Å². The van der Waals surface area contributed by atoms with Gasteiger partial charge in [-0.1, -0.05) is 0 Å². The standard InChI is InChI=1S/C16H32O8/c1-3-19-6-7-21-10-11-23-14-15-24-13-12-22-9-8-20-5-4-16(17)18-2/h3-15H2,1-2H3. The van der Waals surface area contributed by atoms with E-state index in [1.165, 1.54) is 7.11 Å². The van der Waals surface area contributed by atoms with Gasteiger partial charge in [0.25, 0.3) is 0 Å². The number of hydrogen-bond donors (Lipinski definition) is 0. The molecule has 0 rings (SSSR count). The Labute approximate surface area is 144 Å². The van der Waals surface area contributed by atoms with Gasteiger partial charge in [0.05, 0.1) is 86.2 Å². The van der Waals surface area contributed by atoms with E-state index >= 15 is 0 Å². The van der Waals surface area contributed by atoms with Crippen LogP contribution in [0.2, 0.25) is 0 Å². The molecule has 144 valence electrons. The Morgan fingerprint density at radius 1 is 0.583 bits per heavy atom. The lowest BCUT2D eigenvalue weighted by atomic mass is 10.5. The molecule has 0 radical (unpaired) electrons. The second kappa shape index (κ2) is 20.3. The molecule has 0 aromatic carbocycles. The second-order valence-electron chi connectivity index (χ2n) is 4.58. The number of esters is 1. The third kappa shape index (κ3) is 19.3. The molecule has 0 heterocycles. The molecule has 24 heavy (non-hydrogen) atoms. The number of methoxy groups -OCH3 is 1. The Balaban J connectivity index is 2.99. The molecule has 0 saturated heterocycles. The van der Waals surface area contributed by atoms with E-state index in [1.807, 2.05) is 6.92 Å². The molecule has 0 aliphatic carbocycles. The molecule has 0 amide bonds. The van der Waals surface area contributed by atoms with Gasteiger partial charge in [0.1, 0.15) is 0 Å². The highest BCUT2D eigenvalue weighted by Crippen LogP contribution is 1.87. The largest absolute Gasteiger partial charge is 0.469 e. The van der Waals surface area contributed by atoms with E-state index in [2.05, 4.69) is 4.74 Å². The van der Waals surface area contributed by atoms with E-state index < -0.39 is 0 Å². The van der Waals surface area contributed by atoms with Gasteiger partial charge in [0.2, 0.25) is 0 Å². The summed E-state index contributed by atoms with van der Waals surface area (Å²) in [4.78, 5) is 10.8. The summed E-state index contributed by atoms with van der Waals surface area (Å²) < 4.78 is 36.2. The fraction of sp³-hybridized carbons (Fsp3) is 0.938. The SMILES string of the molecule is CCOCCOCCOCCOCCOCCOCCC(=O)OC. The Hall–Kier alpha value is -0.770. The van der Waals surface area contributed by atoms with Crippen molar-refractivity contribution in [1.29, 1.82) is 0 Å². The molecule has 0 atom stereocenters. The zero-order valence-electron chi connectivity index (χ0n) is 15.0. The smallest absolute Gasteiger partial charge is 0.307 e. The van der Waals surface area contributed by atoms with Crippen LogP contribution < -0.4 is 0 Å². The molecule has 0 N–H and O–H groups in total. The first-order valence-electron chi connectivity index (χ1n) is 8.34. The Morgan fingerprint density at radius 2 is 0.917 bits per heavy atom. The second-order valence-corrected chi connectivity index (χ2v) is 4.58. The van der Waals surface area contributed by atoms with Gasteiger partial charge >= 0.3 is 5.97 Å². The van der Waals surface area contributed by atoms with E-state index in [4.69, 9.17) is 28.4 Å². The van der Waals surface area contributed by atoms with Gasteiger partial charge < -0.3 is 33.2 Å². The van der Waals surface area contributed by atoms with Gasteiger partial charge in [-0.05, 0) is 6.92 Å². The highest BCUT2D eigenvalue weighted by Gasteiger charge is 1.99. The molecule has 0 fully saturated rings. The van der Waals surface area contributed by atoms with Crippen LogP contribution in [-0.2, 0) is 38.0 Å². The number of ether oxygens (including phenoxy) is 7. The molecule has 0 aliphatic rings. The Kier molecular flexibility index (Phi) is 19.6. The minimum Gasteiger partial charge on any atom is -0.469 e. The van der Waals surface area contributed by atoms with Crippen molar-refractivity contribution >= 4 is 5.97 Å². The highest BCUT2D eigenvalue weighted by molar-refractivity contribution is 5.69. The predicted molar refractivity (Wildman–Crippen MR) is 87.2 cm³/mol. The lowest BCUT2D eigenvalue weighted by Crippen LogP contribution is -2.14. The average Bonchev–Trinajstić information content (AvgIpc) is 2.60. The average molecular weight is 352 g/mol. The quantitative estimate of drug-likeness (QED) is 0.248. The van der Waals surface area contributed by atoms with E-state index in [1.54, 1.807) is 0 Å². The lowest BCUT2D eigenvalue weighted by molar-refractivity contribution is -0.141. The summed E-state index contributed by atoms with van der Waals surface area (Å²) in [5.41, 5.74) is 0. The van der Waals surface area contributed by atoms with E-state index in [-0.39, 0.29) is 12.4 Å². The van der Waals surface area contributed by atoms with Crippen LogP contribution >= 0.6 is 0 Å². The first kappa shape index (κ1) is 23.2. The molecule has 0 aliphatic heterocycles. The van der Waals surface area contributed by atoms with E-state index in [0.717, 1.165) is 0 Å². The Bertz CT molecular complexity index is 262. The summed E-state index contributed by atoms with van der Waals surface area (Å²) in [6, 6.07) is 0. The Morgan fingerprint density at radius 3 is 1.25 bits per heavy atom. The first-order valence-corrected chi connectivity index (χ1v) is 8.34. The summed E-state index contributed by atoms with van der Waals surface area (Å²) in [5.74, 6) is -0.274. The maximum Gasteiger partial charge on any atom is 0.307 e. The molecule has 0 bridgehead atoms. The highest BCUT2D eigenvalue weighted by atomic mass is 16.6. The van der Waals surface area contributed by atoms with Gasteiger partial charge in [-0.3, -0.25) is 4.79 Å². The molecule has 0 unspecified atom stereocenters. The molecule has 0 aromatic rings. The normalized spacial score (nSPS) is 10.9. The maximum absolute atomic E-state index is 10.8. The molecular weight excluding hydrogens is 320 g/mol. The molecular formula is C16H32O8. The summed E-state index contributed by atoms with van der Waals surface area (Å²) >= 11 is 0. The molecule has 0 aromatic heterocycles. The van der Waals surface area contributed by atoms with Crippen LogP contribution in [0.3, 0.4) is 0 Å². The van der Waals surface area contributed by atoms with Gasteiger partial charge in [0.15, 0.2) is 0 Å². The molecule has 8 nitrogen and oxygen atoms in total. The fourth-order valence-electron chi connectivity index (χ4n) is 1.50. The van der Waals surface area contributed by atoms with Crippen LogP contribution in [0.1, 0.15) is 13.3 Å². The van der Waals surface area contributed by atoms with Crippen molar-refractivity contribution < 1.29 is 38.0 Å². The van der Waals surface area contributed by atoms with Crippen molar-refractivity contribution in [1.82, 2.24) is 0 Å². The third-order valence-corrected chi connectivity index (χ3v) is 2.74. The van der Waals surface area contributed by atoms with Crippen molar-refractivity contribution in [3.05, 3.63) is 0 Å².